The molecule has 1 unspecified atom stereocenters. The smallest absolute Gasteiger partial charge is 0.402 e. The molecule has 0 aromatic heterocycles. The summed E-state index contributed by atoms with van der Waals surface area (Å²) in [4.78, 5) is 18.9. The number of aliphatic carboxylic acids is 1. The molecule has 0 fully saturated rings. The molecule has 0 heterocycles. The van der Waals surface area contributed by atoms with E-state index in [1.807, 2.05) is 6.92 Å². The third-order valence-corrected chi connectivity index (χ3v) is 1.19. The summed E-state index contributed by atoms with van der Waals surface area (Å²) in [6.07, 6.45) is 1.15. The van der Waals surface area contributed by atoms with Gasteiger partial charge in [-0.25, -0.2) is 4.79 Å². The van der Waals surface area contributed by atoms with Gasteiger partial charge in [0.15, 0.2) is 0 Å². The summed E-state index contributed by atoms with van der Waals surface area (Å²) in [6.45, 7) is 2.01. The Labute approximate surface area is 76.5 Å². The average molecular weight is 192 g/mol. The fourth-order valence-electron chi connectivity index (χ4n) is 0.548. The standard InChI is InChI=1S/C6H13NO2.CH3NO2/c1-2-3-4-5(7)6(8)9;2-1(3)4/h5H,2-4,7H2,1H3,(H,8,9);2H2,(H,3,4). The maximum atomic E-state index is 10.1. The summed E-state index contributed by atoms with van der Waals surface area (Å²) in [5.41, 5.74) is 9.23. The minimum absolute atomic E-state index is 0.589. The summed E-state index contributed by atoms with van der Waals surface area (Å²) in [6, 6.07) is -0.662. The van der Waals surface area contributed by atoms with Crippen LogP contribution in [0.25, 0.3) is 0 Å². The third-order valence-electron chi connectivity index (χ3n) is 1.19. The minimum atomic E-state index is -1.33. The van der Waals surface area contributed by atoms with Crippen molar-refractivity contribution in [2.24, 2.45) is 11.5 Å². The molecule has 0 saturated heterocycles. The first kappa shape index (κ1) is 14.2. The van der Waals surface area contributed by atoms with Crippen molar-refractivity contribution in [3.05, 3.63) is 0 Å². The zero-order chi connectivity index (χ0) is 10.9. The highest BCUT2D eigenvalue weighted by molar-refractivity contribution is 5.72. The predicted octanol–water partition coefficient (Wildman–Crippen LogP) is 0.212. The van der Waals surface area contributed by atoms with Gasteiger partial charge in [-0.2, -0.15) is 0 Å². The Hall–Kier alpha value is -1.30. The fourth-order valence-corrected chi connectivity index (χ4v) is 0.548. The second-order valence-electron chi connectivity index (χ2n) is 2.43. The monoisotopic (exact) mass is 192 g/mol. The summed E-state index contributed by atoms with van der Waals surface area (Å²) >= 11 is 0. The normalized spacial score (nSPS) is 10.9. The predicted molar refractivity (Wildman–Crippen MR) is 47.3 cm³/mol. The second kappa shape index (κ2) is 8.79. The average Bonchev–Trinajstić information content (AvgIpc) is 1.98. The van der Waals surface area contributed by atoms with Crippen molar-refractivity contribution in [2.45, 2.75) is 32.2 Å². The number of unbranched alkanes of at least 4 members (excludes halogenated alkanes) is 1. The number of carboxylic acids is 1. The van der Waals surface area contributed by atoms with E-state index in [0.29, 0.717) is 6.42 Å². The molecule has 1 amide bonds. The van der Waals surface area contributed by atoms with Gasteiger partial charge in [-0.1, -0.05) is 19.8 Å². The maximum Gasteiger partial charge on any atom is 0.402 e. The zero-order valence-corrected chi connectivity index (χ0v) is 7.56. The molecule has 0 aliphatic rings. The van der Waals surface area contributed by atoms with Crippen molar-refractivity contribution in [2.75, 3.05) is 0 Å². The number of amides is 1. The highest BCUT2D eigenvalue weighted by Gasteiger charge is 2.08. The van der Waals surface area contributed by atoms with Crippen molar-refractivity contribution in [1.29, 1.82) is 0 Å². The third kappa shape index (κ3) is 18.0. The van der Waals surface area contributed by atoms with Gasteiger partial charge < -0.3 is 21.7 Å². The largest absolute Gasteiger partial charge is 0.480 e. The van der Waals surface area contributed by atoms with Gasteiger partial charge in [0, 0.05) is 0 Å². The van der Waals surface area contributed by atoms with Crippen LogP contribution in [0.5, 0.6) is 0 Å². The number of primary amides is 1. The van der Waals surface area contributed by atoms with E-state index in [2.05, 4.69) is 5.73 Å². The van der Waals surface area contributed by atoms with E-state index < -0.39 is 18.1 Å². The topological polar surface area (TPSA) is 127 Å². The molecule has 6 N–H and O–H groups in total. The fraction of sp³-hybridized carbons (Fsp3) is 0.714. The lowest BCUT2D eigenvalue weighted by molar-refractivity contribution is -0.138. The van der Waals surface area contributed by atoms with Crippen LogP contribution in [-0.2, 0) is 4.79 Å². The molecule has 1 atom stereocenters. The number of nitrogens with two attached hydrogens (primary N) is 2. The molecule has 78 valence electrons. The van der Waals surface area contributed by atoms with Crippen LogP contribution in [0.1, 0.15) is 26.2 Å². The van der Waals surface area contributed by atoms with Crippen LogP contribution in [0.3, 0.4) is 0 Å². The Bertz CT molecular complexity index is 157. The van der Waals surface area contributed by atoms with E-state index in [-0.39, 0.29) is 0 Å². The molecule has 0 aromatic carbocycles. The van der Waals surface area contributed by atoms with Crippen LogP contribution in [0.4, 0.5) is 4.79 Å². The lowest BCUT2D eigenvalue weighted by Crippen LogP contribution is -2.29. The first-order chi connectivity index (χ1) is 5.91. The molecule has 0 saturated carbocycles. The maximum absolute atomic E-state index is 10.1. The molecular weight excluding hydrogens is 176 g/mol. The Morgan fingerprint density at radius 1 is 1.38 bits per heavy atom. The quantitative estimate of drug-likeness (QED) is 0.506. The number of rotatable bonds is 4. The molecular formula is C7H16N2O4. The van der Waals surface area contributed by atoms with E-state index >= 15 is 0 Å². The summed E-state index contributed by atoms with van der Waals surface area (Å²) in [5, 5.41) is 15.5. The highest BCUT2D eigenvalue weighted by Crippen LogP contribution is 1.96. The van der Waals surface area contributed by atoms with Gasteiger partial charge in [-0.15, -0.1) is 0 Å². The van der Waals surface area contributed by atoms with Crippen molar-refractivity contribution in [3.8, 4) is 0 Å². The van der Waals surface area contributed by atoms with Gasteiger partial charge in [0.1, 0.15) is 6.04 Å². The van der Waals surface area contributed by atoms with E-state index in [4.69, 9.17) is 20.7 Å². The van der Waals surface area contributed by atoms with E-state index in [0.717, 1.165) is 12.8 Å². The minimum Gasteiger partial charge on any atom is -0.480 e. The molecule has 0 radical (unpaired) electrons. The molecule has 0 spiro atoms. The summed E-state index contributed by atoms with van der Waals surface area (Å²) in [5.74, 6) is -0.900. The van der Waals surface area contributed by atoms with E-state index in [9.17, 15) is 4.79 Å². The van der Waals surface area contributed by atoms with Crippen LogP contribution >= 0.6 is 0 Å². The van der Waals surface area contributed by atoms with Gasteiger partial charge >= 0.3 is 12.1 Å². The molecule has 0 bridgehead atoms. The molecule has 13 heavy (non-hydrogen) atoms. The first-order valence-electron chi connectivity index (χ1n) is 3.88. The number of hydrogen-bond acceptors (Lipinski definition) is 3. The number of hydrogen-bond donors (Lipinski definition) is 4. The molecule has 0 rings (SSSR count). The van der Waals surface area contributed by atoms with Gasteiger partial charge in [0.25, 0.3) is 0 Å². The molecule has 0 aliphatic heterocycles. The Morgan fingerprint density at radius 2 is 1.77 bits per heavy atom. The molecule has 0 aliphatic carbocycles. The van der Waals surface area contributed by atoms with Crippen LogP contribution in [0.15, 0.2) is 0 Å². The van der Waals surface area contributed by atoms with Crippen LogP contribution in [0, 0.1) is 0 Å². The van der Waals surface area contributed by atoms with Gasteiger partial charge in [-0.05, 0) is 6.42 Å². The van der Waals surface area contributed by atoms with Crippen molar-refractivity contribution >= 4 is 12.1 Å². The van der Waals surface area contributed by atoms with Crippen LogP contribution in [-0.4, -0.2) is 28.3 Å². The molecule has 6 nitrogen and oxygen atoms in total. The van der Waals surface area contributed by atoms with E-state index in [1.165, 1.54) is 0 Å². The molecule has 6 heteroatoms. The highest BCUT2D eigenvalue weighted by atomic mass is 16.4. The first-order valence-corrected chi connectivity index (χ1v) is 3.88. The van der Waals surface area contributed by atoms with E-state index in [1.54, 1.807) is 0 Å². The second-order valence-corrected chi connectivity index (χ2v) is 2.43. The summed E-state index contributed by atoms with van der Waals surface area (Å²) < 4.78 is 0. The van der Waals surface area contributed by atoms with Crippen LogP contribution < -0.4 is 11.5 Å². The Kier molecular flexibility index (Phi) is 9.63. The Balaban J connectivity index is 0. The van der Waals surface area contributed by atoms with Crippen LogP contribution in [0.2, 0.25) is 0 Å². The summed E-state index contributed by atoms with van der Waals surface area (Å²) in [7, 11) is 0. The van der Waals surface area contributed by atoms with Gasteiger partial charge in [0.05, 0.1) is 0 Å². The van der Waals surface area contributed by atoms with Crippen molar-refractivity contribution in [1.82, 2.24) is 0 Å². The van der Waals surface area contributed by atoms with Crippen molar-refractivity contribution in [3.63, 3.8) is 0 Å². The number of carboxylic acid groups (broad SMARTS) is 2. The van der Waals surface area contributed by atoms with Gasteiger partial charge in [0.2, 0.25) is 0 Å². The van der Waals surface area contributed by atoms with Gasteiger partial charge in [-0.3, -0.25) is 4.79 Å². The number of carbonyl (C=O) groups is 2. The zero-order valence-electron chi connectivity index (χ0n) is 7.56. The lowest BCUT2D eigenvalue weighted by atomic mass is 10.1. The lowest BCUT2D eigenvalue weighted by Gasteiger charge is -2.02. The van der Waals surface area contributed by atoms with Crippen molar-refractivity contribution < 1.29 is 19.8 Å². The Morgan fingerprint density at radius 3 is 2.00 bits per heavy atom. The molecule has 0 aromatic rings. The SMILES string of the molecule is CCCCC(N)C(=O)O.NC(=O)O.